The monoisotopic (exact) mass is 197 g/mol. The summed E-state index contributed by atoms with van der Waals surface area (Å²) in [6, 6.07) is 4.37. The number of alkyl halides is 1. The van der Waals surface area contributed by atoms with Crippen LogP contribution in [0.4, 0.5) is 4.39 Å². The molecule has 0 aliphatic heterocycles. The van der Waals surface area contributed by atoms with Gasteiger partial charge in [-0.3, -0.25) is 0 Å². The fourth-order valence-corrected chi connectivity index (χ4v) is 1.29. The minimum absolute atomic E-state index is 0.119. The van der Waals surface area contributed by atoms with Crippen molar-refractivity contribution in [2.24, 2.45) is 5.73 Å². The van der Waals surface area contributed by atoms with E-state index in [2.05, 4.69) is 0 Å². The predicted molar refractivity (Wildman–Crippen MR) is 54.8 cm³/mol. The number of halogens is 1. The Hall–Kier alpha value is -1.09. The van der Waals surface area contributed by atoms with Crippen LogP contribution in [-0.4, -0.2) is 5.11 Å². The van der Waals surface area contributed by atoms with Crippen LogP contribution in [0.2, 0.25) is 0 Å². The van der Waals surface area contributed by atoms with Gasteiger partial charge in [0.25, 0.3) is 0 Å². The third-order valence-corrected chi connectivity index (χ3v) is 2.20. The summed E-state index contributed by atoms with van der Waals surface area (Å²) in [5, 5.41) is 9.47. The third kappa shape index (κ3) is 2.23. The zero-order valence-electron chi connectivity index (χ0n) is 8.71. The van der Waals surface area contributed by atoms with E-state index >= 15 is 0 Å². The van der Waals surface area contributed by atoms with Gasteiger partial charge in [-0.05, 0) is 38.5 Å². The summed E-state index contributed by atoms with van der Waals surface area (Å²) in [6.45, 7) is 4.71. The maximum atomic E-state index is 13.6. The summed E-state index contributed by atoms with van der Waals surface area (Å²) in [4.78, 5) is 0. The van der Waals surface area contributed by atoms with Crippen molar-refractivity contribution in [3.8, 4) is 5.75 Å². The van der Waals surface area contributed by atoms with E-state index in [4.69, 9.17) is 5.73 Å². The Morgan fingerprint density at radius 3 is 2.43 bits per heavy atom. The van der Waals surface area contributed by atoms with Crippen LogP contribution in [0.1, 0.15) is 37.9 Å². The first-order valence-corrected chi connectivity index (χ1v) is 4.60. The van der Waals surface area contributed by atoms with E-state index in [1.165, 1.54) is 19.9 Å². The third-order valence-electron chi connectivity index (χ3n) is 2.20. The first-order chi connectivity index (χ1) is 6.32. The highest BCUT2D eigenvalue weighted by Crippen LogP contribution is 2.30. The van der Waals surface area contributed by atoms with Gasteiger partial charge in [0.1, 0.15) is 11.4 Å². The number of phenols is 1. The van der Waals surface area contributed by atoms with Gasteiger partial charge in [-0.25, -0.2) is 4.39 Å². The van der Waals surface area contributed by atoms with Gasteiger partial charge in [0, 0.05) is 11.6 Å². The lowest BCUT2D eigenvalue weighted by atomic mass is 9.95. The fraction of sp³-hybridized carbons (Fsp3) is 0.455. The molecular weight excluding hydrogens is 181 g/mol. The van der Waals surface area contributed by atoms with Gasteiger partial charge in [-0.1, -0.05) is 6.07 Å². The molecular formula is C11H16FNO. The molecule has 0 radical (unpaired) electrons. The molecule has 0 spiro atoms. The van der Waals surface area contributed by atoms with Crippen molar-refractivity contribution in [3.05, 3.63) is 29.3 Å². The van der Waals surface area contributed by atoms with E-state index < -0.39 is 5.67 Å². The van der Waals surface area contributed by atoms with Crippen LogP contribution in [-0.2, 0) is 5.67 Å². The van der Waals surface area contributed by atoms with Crippen LogP contribution in [0.25, 0.3) is 0 Å². The minimum Gasteiger partial charge on any atom is -0.508 e. The van der Waals surface area contributed by atoms with E-state index in [0.717, 1.165) is 0 Å². The van der Waals surface area contributed by atoms with Crippen molar-refractivity contribution in [2.45, 2.75) is 32.5 Å². The van der Waals surface area contributed by atoms with Gasteiger partial charge in [0.05, 0.1) is 0 Å². The van der Waals surface area contributed by atoms with Crippen LogP contribution in [0.5, 0.6) is 5.75 Å². The predicted octanol–water partition coefficient (Wildman–Crippen LogP) is 2.62. The number of rotatable bonds is 2. The van der Waals surface area contributed by atoms with Crippen molar-refractivity contribution in [1.29, 1.82) is 0 Å². The highest BCUT2D eigenvalue weighted by molar-refractivity contribution is 5.39. The Balaban J connectivity index is 3.20. The maximum absolute atomic E-state index is 13.6. The molecule has 0 aromatic heterocycles. The molecule has 78 valence electrons. The molecule has 0 bridgehead atoms. The molecule has 0 fully saturated rings. The topological polar surface area (TPSA) is 46.2 Å². The molecule has 0 amide bonds. The second-order valence-corrected chi connectivity index (χ2v) is 4.03. The second-order valence-electron chi connectivity index (χ2n) is 4.03. The second kappa shape index (κ2) is 3.58. The summed E-state index contributed by atoms with van der Waals surface area (Å²) < 4.78 is 13.6. The Kier molecular flexibility index (Phi) is 2.81. The van der Waals surface area contributed by atoms with Crippen molar-refractivity contribution >= 4 is 0 Å². The average Bonchev–Trinajstić information content (AvgIpc) is 2.02. The van der Waals surface area contributed by atoms with Crippen molar-refractivity contribution in [3.63, 3.8) is 0 Å². The first-order valence-electron chi connectivity index (χ1n) is 4.60. The standard InChI is InChI=1S/C11H16FNO/c1-7(13)9-6-8(11(2,3)12)4-5-10(9)14/h4-7,14H,13H2,1-3H3. The molecule has 0 aliphatic carbocycles. The summed E-state index contributed by atoms with van der Waals surface area (Å²) >= 11 is 0. The molecule has 0 heterocycles. The Morgan fingerprint density at radius 2 is 2.00 bits per heavy atom. The van der Waals surface area contributed by atoms with E-state index in [9.17, 15) is 9.50 Å². The smallest absolute Gasteiger partial charge is 0.130 e. The molecule has 0 saturated heterocycles. The lowest BCUT2D eigenvalue weighted by Crippen LogP contribution is -2.12. The Morgan fingerprint density at radius 1 is 1.43 bits per heavy atom. The molecule has 3 heteroatoms. The Labute approximate surface area is 83.6 Å². The molecule has 0 aliphatic rings. The van der Waals surface area contributed by atoms with Gasteiger partial charge in [0.15, 0.2) is 0 Å². The molecule has 14 heavy (non-hydrogen) atoms. The molecule has 1 unspecified atom stereocenters. The number of phenolic OH excluding ortho intramolecular Hbond substituents is 1. The normalized spacial score (nSPS) is 14.1. The number of hydrogen-bond acceptors (Lipinski definition) is 2. The lowest BCUT2D eigenvalue weighted by Gasteiger charge is -2.17. The molecule has 0 saturated carbocycles. The minimum atomic E-state index is -1.41. The average molecular weight is 197 g/mol. The molecule has 3 N–H and O–H groups in total. The van der Waals surface area contributed by atoms with Crippen molar-refractivity contribution in [2.75, 3.05) is 0 Å². The van der Waals surface area contributed by atoms with E-state index in [-0.39, 0.29) is 11.8 Å². The van der Waals surface area contributed by atoms with Gasteiger partial charge in [-0.15, -0.1) is 0 Å². The van der Waals surface area contributed by atoms with Gasteiger partial charge < -0.3 is 10.8 Å². The quantitative estimate of drug-likeness (QED) is 0.765. The highest BCUT2D eigenvalue weighted by atomic mass is 19.1. The van der Waals surface area contributed by atoms with Gasteiger partial charge in [-0.2, -0.15) is 0 Å². The lowest BCUT2D eigenvalue weighted by molar-refractivity contribution is 0.221. The van der Waals surface area contributed by atoms with E-state index in [0.29, 0.717) is 11.1 Å². The van der Waals surface area contributed by atoms with Gasteiger partial charge in [0.2, 0.25) is 0 Å². The number of nitrogens with two attached hydrogens (primary N) is 1. The van der Waals surface area contributed by atoms with Crippen molar-refractivity contribution in [1.82, 2.24) is 0 Å². The van der Waals surface area contributed by atoms with Gasteiger partial charge >= 0.3 is 0 Å². The molecule has 1 aromatic carbocycles. The molecule has 2 nitrogen and oxygen atoms in total. The number of benzene rings is 1. The fourth-order valence-electron chi connectivity index (χ4n) is 1.29. The van der Waals surface area contributed by atoms with Crippen LogP contribution < -0.4 is 5.73 Å². The highest BCUT2D eigenvalue weighted by Gasteiger charge is 2.20. The van der Waals surface area contributed by atoms with Crippen LogP contribution in [0, 0.1) is 0 Å². The number of hydrogen-bond donors (Lipinski definition) is 2. The van der Waals surface area contributed by atoms with Crippen LogP contribution >= 0.6 is 0 Å². The SMILES string of the molecule is CC(N)c1cc(C(C)(C)F)ccc1O. The van der Waals surface area contributed by atoms with Crippen LogP contribution in [0.3, 0.4) is 0 Å². The Bertz CT molecular complexity index is 329. The summed E-state index contributed by atoms with van der Waals surface area (Å²) in [6.07, 6.45) is 0. The maximum Gasteiger partial charge on any atom is 0.130 e. The zero-order chi connectivity index (χ0) is 10.9. The molecule has 1 atom stereocenters. The molecule has 1 rings (SSSR count). The summed E-state index contributed by atoms with van der Waals surface area (Å²) in [7, 11) is 0. The van der Waals surface area contributed by atoms with E-state index in [1.807, 2.05) is 0 Å². The zero-order valence-corrected chi connectivity index (χ0v) is 8.71. The van der Waals surface area contributed by atoms with Crippen molar-refractivity contribution < 1.29 is 9.50 Å². The summed E-state index contributed by atoms with van der Waals surface area (Å²) in [5.41, 5.74) is 5.35. The largest absolute Gasteiger partial charge is 0.508 e. The van der Waals surface area contributed by atoms with E-state index in [1.54, 1.807) is 19.1 Å². The van der Waals surface area contributed by atoms with Crippen LogP contribution in [0.15, 0.2) is 18.2 Å². The molecule has 1 aromatic rings. The summed E-state index contributed by atoms with van der Waals surface area (Å²) in [5.74, 6) is 0.119. The number of aromatic hydroxyl groups is 1. The first kappa shape index (κ1) is 11.0.